The van der Waals surface area contributed by atoms with Crippen molar-refractivity contribution in [2.24, 2.45) is 11.8 Å². The van der Waals surface area contributed by atoms with Crippen molar-refractivity contribution in [2.75, 3.05) is 27.2 Å². The lowest BCUT2D eigenvalue weighted by Crippen LogP contribution is -2.25. The molecule has 40 heavy (non-hydrogen) atoms. The van der Waals surface area contributed by atoms with Gasteiger partial charge in [-0.3, -0.25) is 4.79 Å². The fourth-order valence-electron chi connectivity index (χ4n) is 6.16. The second kappa shape index (κ2) is 27.0. The average Bonchev–Trinajstić information content (AvgIpc) is 3.67. The number of rotatable bonds is 30. The van der Waals surface area contributed by atoms with Gasteiger partial charge in [0.15, 0.2) is 0 Å². The molecule has 0 aromatic rings. The molecule has 236 valence electrons. The summed E-state index contributed by atoms with van der Waals surface area (Å²) in [7, 11) is 4.22. The molecule has 0 bridgehead atoms. The van der Waals surface area contributed by atoms with Crippen molar-refractivity contribution in [3.05, 3.63) is 11.6 Å². The standard InChI is InChI=1S/C37H72N2O/c1-5-7-9-11-13-15-17-20-26-34(27-21-18-16-14-12-10-8-6-2)28-22-19-23-29-35-32-36(35)33-37(40)38-30-24-25-31-39(3)4/h28,35-36H,5-27,29-33H2,1-4H3,(H,38,40). The van der Waals surface area contributed by atoms with Gasteiger partial charge in [-0.05, 0) is 90.3 Å². The van der Waals surface area contributed by atoms with Gasteiger partial charge in [0.25, 0.3) is 0 Å². The molecule has 1 amide bonds. The number of unbranched alkanes of at least 4 members (excludes halogenated alkanes) is 17. The van der Waals surface area contributed by atoms with E-state index in [2.05, 4.69) is 44.2 Å². The Labute approximate surface area is 252 Å². The monoisotopic (exact) mass is 561 g/mol. The van der Waals surface area contributed by atoms with Crippen molar-refractivity contribution < 1.29 is 4.79 Å². The fraction of sp³-hybridized carbons (Fsp3) is 0.919. The van der Waals surface area contributed by atoms with E-state index in [0.29, 0.717) is 5.92 Å². The third kappa shape index (κ3) is 23.8. The summed E-state index contributed by atoms with van der Waals surface area (Å²) in [5.41, 5.74) is 1.77. The molecule has 2 atom stereocenters. The first-order chi connectivity index (χ1) is 19.6. The first-order valence-corrected chi connectivity index (χ1v) is 18.2. The van der Waals surface area contributed by atoms with Crippen LogP contribution in [0.3, 0.4) is 0 Å². The van der Waals surface area contributed by atoms with E-state index in [0.717, 1.165) is 38.3 Å². The Morgan fingerprint density at radius 1 is 0.675 bits per heavy atom. The zero-order valence-electron chi connectivity index (χ0n) is 27.9. The summed E-state index contributed by atoms with van der Waals surface area (Å²) in [5.74, 6) is 1.77. The molecule has 1 rings (SSSR count). The molecular weight excluding hydrogens is 488 g/mol. The quantitative estimate of drug-likeness (QED) is 0.0700. The molecule has 2 unspecified atom stereocenters. The van der Waals surface area contributed by atoms with Crippen LogP contribution in [0.25, 0.3) is 0 Å². The molecule has 3 nitrogen and oxygen atoms in total. The smallest absolute Gasteiger partial charge is 0.220 e. The second-order valence-electron chi connectivity index (χ2n) is 13.4. The van der Waals surface area contributed by atoms with E-state index in [9.17, 15) is 4.79 Å². The Hall–Kier alpha value is -0.830. The Balaban J connectivity index is 2.18. The van der Waals surface area contributed by atoms with E-state index >= 15 is 0 Å². The molecular formula is C37H72N2O. The molecule has 0 aromatic heterocycles. The highest BCUT2D eigenvalue weighted by Gasteiger charge is 2.37. The van der Waals surface area contributed by atoms with Gasteiger partial charge >= 0.3 is 0 Å². The Bertz CT molecular complexity index is 577. The lowest BCUT2D eigenvalue weighted by Gasteiger charge is -2.09. The molecule has 0 heterocycles. The molecule has 0 spiro atoms. The normalized spacial score (nSPS) is 16.4. The zero-order valence-corrected chi connectivity index (χ0v) is 27.9. The SMILES string of the molecule is CCCCCCCCCCC(=CCCCCC1CC1CC(=O)NCCCCN(C)C)CCCCCCCCCC. The van der Waals surface area contributed by atoms with Crippen molar-refractivity contribution in [1.82, 2.24) is 10.2 Å². The minimum Gasteiger partial charge on any atom is -0.356 e. The fourth-order valence-corrected chi connectivity index (χ4v) is 6.16. The van der Waals surface area contributed by atoms with Gasteiger partial charge in [0, 0.05) is 13.0 Å². The van der Waals surface area contributed by atoms with Crippen LogP contribution in [0.2, 0.25) is 0 Å². The summed E-state index contributed by atoms with van der Waals surface area (Å²) in [6.45, 7) is 6.56. The summed E-state index contributed by atoms with van der Waals surface area (Å²) in [6, 6.07) is 0. The number of allylic oxidation sites excluding steroid dienone is 2. The maximum Gasteiger partial charge on any atom is 0.220 e. The number of hydrogen-bond acceptors (Lipinski definition) is 2. The van der Waals surface area contributed by atoms with Crippen LogP contribution in [0.5, 0.6) is 0 Å². The highest BCUT2D eigenvalue weighted by Crippen LogP contribution is 2.44. The Kier molecular flexibility index (Phi) is 25.1. The van der Waals surface area contributed by atoms with Crippen molar-refractivity contribution in [1.29, 1.82) is 0 Å². The highest BCUT2D eigenvalue weighted by molar-refractivity contribution is 5.76. The molecule has 1 aliphatic carbocycles. The predicted octanol–water partition coefficient (Wildman–Crippen LogP) is 11.0. The zero-order chi connectivity index (χ0) is 29.1. The van der Waals surface area contributed by atoms with Crippen molar-refractivity contribution in [3.8, 4) is 0 Å². The van der Waals surface area contributed by atoms with E-state index in [1.807, 2.05) is 0 Å². The van der Waals surface area contributed by atoms with Crippen molar-refractivity contribution in [3.63, 3.8) is 0 Å². The Morgan fingerprint density at radius 3 is 1.77 bits per heavy atom. The van der Waals surface area contributed by atoms with E-state index in [4.69, 9.17) is 0 Å². The summed E-state index contributed by atoms with van der Waals surface area (Å²) >= 11 is 0. The molecule has 3 heteroatoms. The number of nitrogens with zero attached hydrogens (tertiary/aromatic N) is 1. The van der Waals surface area contributed by atoms with Crippen LogP contribution in [0.1, 0.15) is 181 Å². The van der Waals surface area contributed by atoms with Gasteiger partial charge in [-0.15, -0.1) is 0 Å². The van der Waals surface area contributed by atoms with E-state index in [1.165, 1.54) is 148 Å². The summed E-state index contributed by atoms with van der Waals surface area (Å²) in [5, 5.41) is 3.14. The summed E-state index contributed by atoms with van der Waals surface area (Å²) in [6.07, 6.45) is 37.6. The predicted molar refractivity (Wildman–Crippen MR) is 178 cm³/mol. The Morgan fingerprint density at radius 2 is 1.23 bits per heavy atom. The number of carbonyl (C=O) groups is 1. The van der Waals surface area contributed by atoms with Crippen LogP contribution in [-0.4, -0.2) is 38.0 Å². The molecule has 1 N–H and O–H groups in total. The summed E-state index contributed by atoms with van der Waals surface area (Å²) in [4.78, 5) is 14.4. The molecule has 1 fully saturated rings. The van der Waals surface area contributed by atoms with Crippen molar-refractivity contribution >= 4 is 5.91 Å². The van der Waals surface area contributed by atoms with Gasteiger partial charge in [-0.2, -0.15) is 0 Å². The van der Waals surface area contributed by atoms with Crippen LogP contribution in [-0.2, 0) is 4.79 Å². The second-order valence-corrected chi connectivity index (χ2v) is 13.4. The van der Waals surface area contributed by atoms with E-state index in [1.54, 1.807) is 5.57 Å². The third-order valence-electron chi connectivity index (χ3n) is 9.04. The van der Waals surface area contributed by atoms with Crippen LogP contribution >= 0.6 is 0 Å². The lowest BCUT2D eigenvalue weighted by atomic mass is 9.97. The van der Waals surface area contributed by atoms with Crippen LogP contribution in [0.4, 0.5) is 0 Å². The van der Waals surface area contributed by atoms with Gasteiger partial charge < -0.3 is 10.2 Å². The van der Waals surface area contributed by atoms with Crippen LogP contribution < -0.4 is 5.32 Å². The van der Waals surface area contributed by atoms with Gasteiger partial charge in [0.1, 0.15) is 0 Å². The lowest BCUT2D eigenvalue weighted by molar-refractivity contribution is -0.121. The van der Waals surface area contributed by atoms with E-state index < -0.39 is 0 Å². The molecule has 1 saturated carbocycles. The minimum atomic E-state index is 0.284. The largest absolute Gasteiger partial charge is 0.356 e. The minimum absolute atomic E-state index is 0.284. The van der Waals surface area contributed by atoms with Gasteiger partial charge in [0.2, 0.25) is 5.91 Å². The number of nitrogens with one attached hydrogen (secondary N) is 1. The van der Waals surface area contributed by atoms with Crippen molar-refractivity contribution in [2.45, 2.75) is 181 Å². The third-order valence-corrected chi connectivity index (χ3v) is 9.04. The topological polar surface area (TPSA) is 32.3 Å². The van der Waals surface area contributed by atoms with E-state index in [-0.39, 0.29) is 5.91 Å². The molecule has 0 saturated heterocycles. The maximum atomic E-state index is 12.2. The molecule has 0 aromatic carbocycles. The van der Waals surface area contributed by atoms with Crippen LogP contribution in [0, 0.1) is 11.8 Å². The highest BCUT2D eigenvalue weighted by atomic mass is 16.1. The first kappa shape index (κ1) is 37.2. The number of hydrogen-bond donors (Lipinski definition) is 1. The maximum absolute atomic E-state index is 12.2. The van der Waals surface area contributed by atoms with Crippen LogP contribution in [0.15, 0.2) is 11.6 Å². The van der Waals surface area contributed by atoms with Gasteiger partial charge in [-0.25, -0.2) is 0 Å². The summed E-state index contributed by atoms with van der Waals surface area (Å²) < 4.78 is 0. The molecule has 1 aliphatic rings. The number of carbonyl (C=O) groups excluding carboxylic acids is 1. The van der Waals surface area contributed by atoms with Gasteiger partial charge in [0.05, 0.1) is 0 Å². The average molecular weight is 561 g/mol. The number of amides is 1. The molecule has 0 radical (unpaired) electrons. The molecule has 0 aliphatic heterocycles. The first-order valence-electron chi connectivity index (χ1n) is 18.2. The van der Waals surface area contributed by atoms with Gasteiger partial charge in [-0.1, -0.05) is 128 Å².